The zero-order valence-electron chi connectivity index (χ0n) is 13.7. The first-order valence-corrected chi connectivity index (χ1v) is 8.33. The van der Waals surface area contributed by atoms with Crippen LogP contribution in [-0.4, -0.2) is 21.2 Å². The summed E-state index contributed by atoms with van der Waals surface area (Å²) < 4.78 is 0. The molecule has 1 fully saturated rings. The third-order valence-corrected chi connectivity index (χ3v) is 4.32. The van der Waals surface area contributed by atoms with Crippen molar-refractivity contribution in [3.8, 4) is 17.2 Å². The van der Waals surface area contributed by atoms with Gasteiger partial charge in [0, 0.05) is 25.0 Å². The van der Waals surface area contributed by atoms with E-state index >= 15 is 0 Å². The van der Waals surface area contributed by atoms with Gasteiger partial charge < -0.3 is 4.90 Å². The average molecular weight is 327 g/mol. The summed E-state index contributed by atoms with van der Waals surface area (Å²) in [5.74, 6) is 0.827. The van der Waals surface area contributed by atoms with E-state index < -0.39 is 0 Å². The van der Waals surface area contributed by atoms with Crippen molar-refractivity contribution in [2.75, 3.05) is 4.90 Å². The van der Waals surface area contributed by atoms with Crippen molar-refractivity contribution in [3.05, 3.63) is 72.2 Å². The second-order valence-electron chi connectivity index (χ2n) is 6.19. The molecule has 0 atom stereocenters. The van der Waals surface area contributed by atoms with Crippen LogP contribution in [0.1, 0.15) is 24.1 Å². The molecule has 0 spiro atoms. The van der Waals surface area contributed by atoms with Gasteiger partial charge >= 0.3 is 0 Å². The van der Waals surface area contributed by atoms with Gasteiger partial charge in [-0.05, 0) is 53.8 Å². The zero-order valence-corrected chi connectivity index (χ0v) is 13.7. The molecule has 5 heteroatoms. The van der Waals surface area contributed by atoms with Gasteiger partial charge in [0.1, 0.15) is 6.07 Å². The van der Waals surface area contributed by atoms with Gasteiger partial charge in [0.05, 0.1) is 0 Å². The Morgan fingerprint density at radius 3 is 2.60 bits per heavy atom. The Morgan fingerprint density at radius 2 is 1.92 bits per heavy atom. The minimum absolute atomic E-state index is 0.345. The van der Waals surface area contributed by atoms with Crippen molar-refractivity contribution in [1.29, 1.82) is 5.26 Å². The minimum atomic E-state index is 0.345. The Bertz CT molecular complexity index is 895. The highest BCUT2D eigenvalue weighted by Crippen LogP contribution is 2.32. The average Bonchev–Trinajstić information content (AvgIpc) is 3.52. The van der Waals surface area contributed by atoms with Gasteiger partial charge in [-0.1, -0.05) is 24.3 Å². The number of aromatic nitrogens is 3. The highest BCUT2D eigenvalue weighted by Gasteiger charge is 2.30. The van der Waals surface area contributed by atoms with E-state index in [1.54, 1.807) is 12.3 Å². The maximum Gasteiger partial charge on any atom is 0.163 e. The van der Waals surface area contributed by atoms with E-state index in [9.17, 15) is 0 Å². The Hall–Kier alpha value is -3.26. The Balaban J connectivity index is 1.59. The van der Waals surface area contributed by atoms with Crippen molar-refractivity contribution in [2.24, 2.45) is 0 Å². The largest absolute Gasteiger partial charge is 0.348 e. The summed E-state index contributed by atoms with van der Waals surface area (Å²) in [5, 5.41) is 17.1. The Kier molecular flexibility index (Phi) is 4.09. The molecule has 5 nitrogen and oxygen atoms in total. The summed E-state index contributed by atoms with van der Waals surface area (Å²) in [4.78, 5) is 6.47. The fraction of sp³-hybridized carbons (Fsp3) is 0.200. The molecule has 0 N–H and O–H groups in total. The van der Waals surface area contributed by atoms with Crippen LogP contribution in [0, 0.1) is 11.3 Å². The monoisotopic (exact) mass is 327 g/mol. The number of rotatable bonds is 5. The van der Waals surface area contributed by atoms with Crippen LogP contribution >= 0.6 is 0 Å². The van der Waals surface area contributed by atoms with Crippen LogP contribution < -0.4 is 4.90 Å². The SMILES string of the molecule is N#Cc1ccc(N(Cc2cccc(-c3cccnc3)c2)C2CC2)nn1. The summed E-state index contributed by atoms with van der Waals surface area (Å²) in [6.45, 7) is 0.777. The summed E-state index contributed by atoms with van der Waals surface area (Å²) in [6.07, 6.45) is 6.00. The highest BCUT2D eigenvalue weighted by atomic mass is 15.3. The quantitative estimate of drug-likeness (QED) is 0.716. The van der Waals surface area contributed by atoms with Crippen molar-refractivity contribution < 1.29 is 0 Å². The smallest absolute Gasteiger partial charge is 0.163 e. The molecule has 1 aromatic carbocycles. The van der Waals surface area contributed by atoms with Gasteiger partial charge in [-0.15, -0.1) is 10.2 Å². The highest BCUT2D eigenvalue weighted by molar-refractivity contribution is 5.63. The molecule has 0 saturated heterocycles. The summed E-state index contributed by atoms with van der Waals surface area (Å²) >= 11 is 0. The molecule has 4 rings (SSSR count). The molecule has 122 valence electrons. The second kappa shape index (κ2) is 6.70. The fourth-order valence-electron chi connectivity index (χ4n) is 2.90. The summed E-state index contributed by atoms with van der Waals surface area (Å²) in [7, 11) is 0. The van der Waals surface area contributed by atoms with E-state index in [0.717, 1.165) is 23.5 Å². The molecule has 1 aliphatic carbocycles. The molecule has 0 aliphatic heterocycles. The molecule has 2 aromatic heterocycles. The summed E-state index contributed by atoms with van der Waals surface area (Å²) in [5.41, 5.74) is 3.84. The van der Waals surface area contributed by atoms with E-state index in [-0.39, 0.29) is 0 Å². The molecule has 25 heavy (non-hydrogen) atoms. The third kappa shape index (κ3) is 3.48. The normalized spacial score (nSPS) is 13.2. The van der Waals surface area contributed by atoms with Gasteiger partial charge in [-0.25, -0.2) is 0 Å². The van der Waals surface area contributed by atoms with Crippen molar-refractivity contribution in [1.82, 2.24) is 15.2 Å². The van der Waals surface area contributed by atoms with Crippen LogP contribution in [-0.2, 0) is 6.54 Å². The minimum Gasteiger partial charge on any atom is -0.348 e. The number of hydrogen-bond donors (Lipinski definition) is 0. The molecule has 1 saturated carbocycles. The van der Waals surface area contributed by atoms with Crippen molar-refractivity contribution >= 4 is 5.82 Å². The maximum absolute atomic E-state index is 8.89. The number of benzene rings is 1. The van der Waals surface area contributed by atoms with Gasteiger partial charge in [0.15, 0.2) is 11.5 Å². The molecule has 2 heterocycles. The van der Waals surface area contributed by atoms with Crippen LogP contribution in [0.15, 0.2) is 60.9 Å². The van der Waals surface area contributed by atoms with E-state index in [1.165, 1.54) is 18.4 Å². The lowest BCUT2D eigenvalue weighted by Gasteiger charge is -2.23. The van der Waals surface area contributed by atoms with Gasteiger partial charge in [0.25, 0.3) is 0 Å². The van der Waals surface area contributed by atoms with Gasteiger partial charge in [-0.3, -0.25) is 4.98 Å². The molecule has 0 unspecified atom stereocenters. The van der Waals surface area contributed by atoms with Crippen molar-refractivity contribution in [2.45, 2.75) is 25.4 Å². The number of nitrogens with zero attached hydrogens (tertiary/aromatic N) is 5. The predicted molar refractivity (Wildman–Crippen MR) is 95.6 cm³/mol. The lowest BCUT2D eigenvalue weighted by atomic mass is 10.0. The number of pyridine rings is 1. The van der Waals surface area contributed by atoms with Crippen LogP contribution in [0.3, 0.4) is 0 Å². The van der Waals surface area contributed by atoms with E-state index in [2.05, 4.69) is 50.4 Å². The number of anilines is 1. The van der Waals surface area contributed by atoms with Crippen LogP contribution in [0.2, 0.25) is 0 Å². The second-order valence-corrected chi connectivity index (χ2v) is 6.19. The topological polar surface area (TPSA) is 65.7 Å². The van der Waals surface area contributed by atoms with Crippen LogP contribution in [0.4, 0.5) is 5.82 Å². The fourth-order valence-corrected chi connectivity index (χ4v) is 2.90. The predicted octanol–water partition coefficient (Wildman–Crippen LogP) is 3.58. The molecule has 0 radical (unpaired) electrons. The molecule has 0 amide bonds. The molecule has 3 aromatic rings. The maximum atomic E-state index is 8.89. The van der Waals surface area contributed by atoms with Gasteiger partial charge in [0.2, 0.25) is 0 Å². The first kappa shape index (κ1) is 15.3. The number of nitriles is 1. The van der Waals surface area contributed by atoms with E-state index in [0.29, 0.717) is 11.7 Å². The molecule has 1 aliphatic rings. The molecular weight excluding hydrogens is 310 g/mol. The third-order valence-electron chi connectivity index (χ3n) is 4.32. The van der Waals surface area contributed by atoms with Crippen LogP contribution in [0.5, 0.6) is 0 Å². The standard InChI is InChI=1S/C20H17N5/c21-12-18-6-9-20(24-23-18)25(19-7-8-19)14-15-3-1-4-16(11-15)17-5-2-10-22-13-17/h1-6,9-11,13,19H,7-8,14H2. The Morgan fingerprint density at radius 1 is 1.04 bits per heavy atom. The lowest BCUT2D eigenvalue weighted by molar-refractivity contribution is 0.763. The molecule has 0 bridgehead atoms. The first-order valence-electron chi connectivity index (χ1n) is 8.33. The van der Waals surface area contributed by atoms with Crippen LogP contribution in [0.25, 0.3) is 11.1 Å². The van der Waals surface area contributed by atoms with Crippen molar-refractivity contribution in [3.63, 3.8) is 0 Å². The zero-order chi connectivity index (χ0) is 17.1. The first-order chi connectivity index (χ1) is 12.3. The van der Waals surface area contributed by atoms with E-state index in [1.807, 2.05) is 24.4 Å². The Labute approximate surface area is 146 Å². The summed E-state index contributed by atoms with van der Waals surface area (Å²) in [6, 6.07) is 18.7. The van der Waals surface area contributed by atoms with E-state index in [4.69, 9.17) is 5.26 Å². The van der Waals surface area contributed by atoms with Gasteiger partial charge in [-0.2, -0.15) is 5.26 Å². The number of hydrogen-bond acceptors (Lipinski definition) is 5. The lowest BCUT2D eigenvalue weighted by Crippen LogP contribution is -2.26. The molecular formula is C20H17N5.